The maximum absolute atomic E-state index is 11.8. The Kier molecular flexibility index (Phi) is 4.49. The molecule has 2 unspecified atom stereocenters. The van der Waals surface area contributed by atoms with E-state index in [1.807, 2.05) is 17.5 Å². The van der Waals surface area contributed by atoms with Crippen molar-refractivity contribution in [1.29, 1.82) is 0 Å². The summed E-state index contributed by atoms with van der Waals surface area (Å²) < 4.78 is 10.7. The van der Waals surface area contributed by atoms with E-state index in [-0.39, 0.29) is 12.0 Å². The van der Waals surface area contributed by atoms with Gasteiger partial charge in [0, 0.05) is 11.4 Å². The summed E-state index contributed by atoms with van der Waals surface area (Å²) in [6, 6.07) is 3.14. The van der Waals surface area contributed by atoms with Crippen molar-refractivity contribution in [1.82, 2.24) is 5.32 Å². The molecule has 3 N–H and O–H groups in total. The quantitative estimate of drug-likeness (QED) is 0.811. The van der Waals surface area contributed by atoms with Crippen LogP contribution >= 0.6 is 11.3 Å². The summed E-state index contributed by atoms with van der Waals surface area (Å²) in [6.45, 7) is 2.17. The minimum absolute atomic E-state index is 0.0664. The Labute approximate surface area is 104 Å². The molecule has 1 aromatic rings. The molecular formula is C11H16N2O3S. The van der Waals surface area contributed by atoms with E-state index in [0.29, 0.717) is 26.4 Å². The molecule has 0 saturated carbocycles. The lowest BCUT2D eigenvalue weighted by Gasteiger charge is -2.23. The van der Waals surface area contributed by atoms with E-state index >= 15 is 0 Å². The number of amides is 1. The summed E-state index contributed by atoms with van der Waals surface area (Å²) in [4.78, 5) is 12.6. The van der Waals surface area contributed by atoms with Crippen molar-refractivity contribution in [3.05, 3.63) is 22.4 Å². The predicted octanol–water partition coefficient (Wildman–Crippen LogP) is 0.280. The van der Waals surface area contributed by atoms with E-state index in [9.17, 15) is 4.79 Å². The molecule has 1 aliphatic heterocycles. The van der Waals surface area contributed by atoms with Gasteiger partial charge in [-0.2, -0.15) is 0 Å². The van der Waals surface area contributed by atoms with Gasteiger partial charge < -0.3 is 20.5 Å². The van der Waals surface area contributed by atoms with Crippen LogP contribution in [-0.4, -0.2) is 38.4 Å². The van der Waals surface area contributed by atoms with Gasteiger partial charge in [-0.3, -0.25) is 4.79 Å². The molecule has 0 spiro atoms. The van der Waals surface area contributed by atoms with Crippen molar-refractivity contribution in [2.24, 2.45) is 5.73 Å². The van der Waals surface area contributed by atoms with E-state index in [2.05, 4.69) is 5.32 Å². The lowest BCUT2D eigenvalue weighted by atomic mass is 10.2. The first kappa shape index (κ1) is 12.5. The Morgan fingerprint density at radius 3 is 3.18 bits per heavy atom. The van der Waals surface area contributed by atoms with E-state index < -0.39 is 6.04 Å². The molecule has 2 heterocycles. The van der Waals surface area contributed by atoms with Crippen LogP contribution in [0.2, 0.25) is 0 Å². The van der Waals surface area contributed by atoms with Crippen molar-refractivity contribution >= 4 is 17.2 Å². The Hall–Kier alpha value is -0.950. The zero-order valence-corrected chi connectivity index (χ0v) is 10.2. The maximum Gasteiger partial charge on any atom is 0.242 e. The zero-order chi connectivity index (χ0) is 12.1. The highest BCUT2D eigenvalue weighted by Gasteiger charge is 2.19. The van der Waals surface area contributed by atoms with Gasteiger partial charge in [0.2, 0.25) is 5.91 Å². The molecule has 94 valence electrons. The molecule has 5 nitrogen and oxygen atoms in total. The number of nitrogens with one attached hydrogen (secondary N) is 1. The van der Waals surface area contributed by atoms with E-state index in [0.717, 1.165) is 4.88 Å². The summed E-state index contributed by atoms with van der Waals surface area (Å²) in [6.07, 6.45) is -0.0664. The van der Waals surface area contributed by atoms with Crippen LogP contribution in [0.25, 0.3) is 0 Å². The van der Waals surface area contributed by atoms with Gasteiger partial charge in [-0.1, -0.05) is 6.07 Å². The molecular weight excluding hydrogens is 240 g/mol. The lowest BCUT2D eigenvalue weighted by molar-refractivity contribution is -0.125. The highest BCUT2D eigenvalue weighted by Crippen LogP contribution is 2.16. The number of nitrogens with two attached hydrogens (primary N) is 1. The van der Waals surface area contributed by atoms with Crippen LogP contribution < -0.4 is 11.1 Å². The average molecular weight is 256 g/mol. The molecule has 0 radical (unpaired) electrons. The van der Waals surface area contributed by atoms with Crippen LogP contribution in [0, 0.1) is 0 Å². The largest absolute Gasteiger partial charge is 0.376 e. The number of rotatable bonds is 4. The Morgan fingerprint density at radius 1 is 1.65 bits per heavy atom. The van der Waals surface area contributed by atoms with E-state index in [1.54, 1.807) is 0 Å². The number of carbonyl (C=O) groups is 1. The molecule has 17 heavy (non-hydrogen) atoms. The molecule has 0 aliphatic carbocycles. The van der Waals surface area contributed by atoms with Gasteiger partial charge in [0.1, 0.15) is 6.04 Å². The third-order valence-corrected chi connectivity index (χ3v) is 3.48. The first-order valence-electron chi connectivity index (χ1n) is 5.53. The Bertz CT molecular complexity index is 350. The van der Waals surface area contributed by atoms with Crippen LogP contribution in [0.1, 0.15) is 10.9 Å². The number of hydrogen-bond acceptors (Lipinski definition) is 5. The molecule has 2 rings (SSSR count). The number of ether oxygens (including phenoxy) is 2. The summed E-state index contributed by atoms with van der Waals surface area (Å²) in [5, 5.41) is 4.68. The van der Waals surface area contributed by atoms with Gasteiger partial charge in [0.25, 0.3) is 0 Å². The summed E-state index contributed by atoms with van der Waals surface area (Å²) in [7, 11) is 0. The van der Waals surface area contributed by atoms with E-state index in [4.69, 9.17) is 15.2 Å². The average Bonchev–Trinajstić information content (AvgIpc) is 2.90. The van der Waals surface area contributed by atoms with Crippen molar-refractivity contribution < 1.29 is 14.3 Å². The normalized spacial score (nSPS) is 22.1. The summed E-state index contributed by atoms with van der Waals surface area (Å²) >= 11 is 1.48. The SMILES string of the molecule is NC(C(=O)NCC1COCCO1)c1cccs1. The second-order valence-electron chi connectivity index (χ2n) is 3.81. The number of carbonyl (C=O) groups excluding carboxylic acids is 1. The molecule has 0 aromatic carbocycles. The zero-order valence-electron chi connectivity index (χ0n) is 9.43. The molecule has 1 fully saturated rings. The first-order chi connectivity index (χ1) is 8.27. The molecule has 1 aromatic heterocycles. The van der Waals surface area contributed by atoms with Crippen LogP contribution in [0.4, 0.5) is 0 Å². The van der Waals surface area contributed by atoms with Gasteiger partial charge in [0.15, 0.2) is 0 Å². The minimum atomic E-state index is -0.598. The fraction of sp³-hybridized carbons (Fsp3) is 0.545. The highest BCUT2D eigenvalue weighted by molar-refractivity contribution is 7.10. The van der Waals surface area contributed by atoms with Crippen molar-refractivity contribution in [3.8, 4) is 0 Å². The van der Waals surface area contributed by atoms with Gasteiger partial charge in [-0.25, -0.2) is 0 Å². The first-order valence-corrected chi connectivity index (χ1v) is 6.41. The van der Waals surface area contributed by atoms with Gasteiger partial charge in [-0.15, -0.1) is 11.3 Å². The highest BCUT2D eigenvalue weighted by atomic mass is 32.1. The molecule has 1 aliphatic rings. The monoisotopic (exact) mass is 256 g/mol. The van der Waals surface area contributed by atoms with Gasteiger partial charge in [-0.05, 0) is 11.4 Å². The standard InChI is InChI=1S/C11H16N2O3S/c12-10(9-2-1-5-17-9)11(14)13-6-8-7-15-3-4-16-8/h1-2,5,8,10H,3-4,6-7,12H2,(H,13,14). The topological polar surface area (TPSA) is 73.6 Å². The summed E-state index contributed by atoms with van der Waals surface area (Å²) in [5.41, 5.74) is 5.82. The number of thiophene rings is 1. The van der Waals surface area contributed by atoms with Crippen LogP contribution in [0.15, 0.2) is 17.5 Å². The minimum Gasteiger partial charge on any atom is -0.376 e. The smallest absolute Gasteiger partial charge is 0.242 e. The fourth-order valence-corrected chi connectivity index (χ4v) is 2.30. The Balaban J connectivity index is 1.76. The van der Waals surface area contributed by atoms with Crippen molar-refractivity contribution in [3.63, 3.8) is 0 Å². The van der Waals surface area contributed by atoms with Gasteiger partial charge >= 0.3 is 0 Å². The van der Waals surface area contributed by atoms with Crippen molar-refractivity contribution in [2.75, 3.05) is 26.4 Å². The summed E-state index contributed by atoms with van der Waals surface area (Å²) in [5.74, 6) is -0.179. The lowest BCUT2D eigenvalue weighted by Crippen LogP contribution is -2.42. The Morgan fingerprint density at radius 2 is 2.53 bits per heavy atom. The predicted molar refractivity (Wildman–Crippen MR) is 64.8 cm³/mol. The molecule has 6 heteroatoms. The third-order valence-electron chi connectivity index (χ3n) is 2.52. The van der Waals surface area contributed by atoms with Crippen LogP contribution in [0.3, 0.4) is 0 Å². The van der Waals surface area contributed by atoms with Crippen LogP contribution in [-0.2, 0) is 14.3 Å². The molecule has 2 atom stereocenters. The maximum atomic E-state index is 11.8. The molecule has 1 amide bonds. The fourth-order valence-electron chi connectivity index (χ4n) is 1.58. The van der Waals surface area contributed by atoms with Crippen LogP contribution in [0.5, 0.6) is 0 Å². The second kappa shape index (κ2) is 6.11. The third kappa shape index (κ3) is 3.50. The number of hydrogen-bond donors (Lipinski definition) is 2. The molecule has 0 bridgehead atoms. The molecule has 1 saturated heterocycles. The van der Waals surface area contributed by atoms with Crippen molar-refractivity contribution in [2.45, 2.75) is 12.1 Å². The van der Waals surface area contributed by atoms with E-state index in [1.165, 1.54) is 11.3 Å². The second-order valence-corrected chi connectivity index (χ2v) is 4.79. The van der Waals surface area contributed by atoms with Gasteiger partial charge in [0.05, 0.1) is 25.9 Å².